The molecule has 0 aliphatic carbocycles. The van der Waals surface area contributed by atoms with Crippen LogP contribution in [0.25, 0.3) is 6.08 Å². The number of nitrogens with zero attached hydrogens (tertiary/aromatic N) is 2. The molecule has 2 heterocycles. The average Bonchev–Trinajstić information content (AvgIpc) is 3.06. The fraction of sp³-hybridized carbons (Fsp3) is 0.0870. The molecule has 0 spiro atoms. The number of cyclic esters (lactones) is 1. The zero-order chi connectivity index (χ0) is 19.5. The molecule has 0 bridgehead atoms. The Hall–Kier alpha value is -3.73. The molecule has 28 heavy (non-hydrogen) atoms. The molecule has 0 fully saturated rings. The highest BCUT2D eigenvalue weighted by Crippen LogP contribution is 2.27. The number of pyridine rings is 1. The van der Waals surface area contributed by atoms with E-state index in [-0.39, 0.29) is 11.6 Å². The summed E-state index contributed by atoms with van der Waals surface area (Å²) in [5.41, 5.74) is 3.92. The van der Waals surface area contributed by atoms with Gasteiger partial charge in [0.05, 0.1) is 5.56 Å². The van der Waals surface area contributed by atoms with Crippen LogP contribution in [0.5, 0.6) is 11.6 Å². The van der Waals surface area contributed by atoms with Gasteiger partial charge in [0.2, 0.25) is 11.8 Å². The monoisotopic (exact) mass is 370 g/mol. The Kier molecular flexibility index (Phi) is 4.72. The summed E-state index contributed by atoms with van der Waals surface area (Å²) in [6.45, 7) is 4.01. The largest absolute Gasteiger partial charge is 0.438 e. The van der Waals surface area contributed by atoms with Crippen LogP contribution in [0.4, 0.5) is 0 Å². The summed E-state index contributed by atoms with van der Waals surface area (Å²) in [6.07, 6.45) is 3.32. The Bertz CT molecular complexity index is 1080. The van der Waals surface area contributed by atoms with Crippen LogP contribution in [0.15, 0.2) is 77.5 Å². The predicted molar refractivity (Wildman–Crippen MR) is 107 cm³/mol. The van der Waals surface area contributed by atoms with Crippen molar-refractivity contribution in [1.29, 1.82) is 0 Å². The molecule has 138 valence electrons. The van der Waals surface area contributed by atoms with Gasteiger partial charge in [0.25, 0.3) is 0 Å². The summed E-state index contributed by atoms with van der Waals surface area (Å²) < 4.78 is 11.3. The maximum Gasteiger partial charge on any atom is 0.363 e. The number of hydrogen-bond donors (Lipinski definition) is 0. The molecule has 1 aliphatic rings. The smallest absolute Gasteiger partial charge is 0.363 e. The van der Waals surface area contributed by atoms with Gasteiger partial charge in [-0.15, -0.1) is 0 Å². The topological polar surface area (TPSA) is 60.8 Å². The molecule has 0 atom stereocenters. The zero-order valence-corrected chi connectivity index (χ0v) is 15.5. The van der Waals surface area contributed by atoms with E-state index >= 15 is 0 Å². The van der Waals surface area contributed by atoms with Crippen LogP contribution in [-0.2, 0) is 9.53 Å². The molecule has 5 heteroatoms. The van der Waals surface area contributed by atoms with Gasteiger partial charge in [-0.25, -0.2) is 14.8 Å². The number of aromatic nitrogens is 1. The molecule has 0 N–H and O–H groups in total. The fourth-order valence-electron chi connectivity index (χ4n) is 2.70. The van der Waals surface area contributed by atoms with Gasteiger partial charge in [0.15, 0.2) is 5.70 Å². The first-order chi connectivity index (χ1) is 13.6. The van der Waals surface area contributed by atoms with Crippen molar-refractivity contribution in [3.05, 3.63) is 94.8 Å². The minimum Gasteiger partial charge on any atom is -0.438 e. The molecule has 0 saturated carbocycles. The second kappa shape index (κ2) is 7.48. The van der Waals surface area contributed by atoms with Gasteiger partial charge in [-0.05, 0) is 49.8 Å². The van der Waals surface area contributed by atoms with Crippen molar-refractivity contribution in [2.24, 2.45) is 4.99 Å². The maximum absolute atomic E-state index is 12.3. The van der Waals surface area contributed by atoms with E-state index in [0.29, 0.717) is 17.2 Å². The lowest BCUT2D eigenvalue weighted by Gasteiger charge is -2.09. The molecule has 3 aromatic rings. The quantitative estimate of drug-likeness (QED) is 0.487. The van der Waals surface area contributed by atoms with Gasteiger partial charge < -0.3 is 9.47 Å². The maximum atomic E-state index is 12.3. The van der Waals surface area contributed by atoms with E-state index < -0.39 is 5.97 Å². The highest BCUT2D eigenvalue weighted by atomic mass is 16.6. The fourth-order valence-corrected chi connectivity index (χ4v) is 2.70. The van der Waals surface area contributed by atoms with E-state index in [9.17, 15) is 4.79 Å². The molecule has 2 aromatic carbocycles. The Morgan fingerprint density at radius 3 is 2.32 bits per heavy atom. The summed E-state index contributed by atoms with van der Waals surface area (Å²) in [5.74, 6) is 0.652. The third-order valence-corrected chi connectivity index (χ3v) is 4.24. The first kappa shape index (κ1) is 17.7. The van der Waals surface area contributed by atoms with Gasteiger partial charge >= 0.3 is 5.97 Å². The van der Waals surface area contributed by atoms with Crippen LogP contribution in [-0.4, -0.2) is 16.9 Å². The molecular formula is C23H18N2O3. The van der Waals surface area contributed by atoms with Gasteiger partial charge in [-0.3, -0.25) is 0 Å². The molecule has 4 rings (SSSR count). The van der Waals surface area contributed by atoms with Crippen LogP contribution in [0, 0.1) is 13.8 Å². The predicted octanol–water partition coefficient (Wildman–Crippen LogP) is 4.84. The molecule has 5 nitrogen and oxygen atoms in total. The summed E-state index contributed by atoms with van der Waals surface area (Å²) in [7, 11) is 0. The molecule has 0 saturated heterocycles. The van der Waals surface area contributed by atoms with Crippen LogP contribution in [0.3, 0.4) is 0 Å². The lowest BCUT2D eigenvalue weighted by atomic mass is 10.1. The van der Waals surface area contributed by atoms with Crippen molar-refractivity contribution in [2.45, 2.75) is 13.8 Å². The summed E-state index contributed by atoms with van der Waals surface area (Å²) in [4.78, 5) is 20.9. The first-order valence-corrected chi connectivity index (χ1v) is 8.88. The van der Waals surface area contributed by atoms with Crippen molar-refractivity contribution < 1.29 is 14.3 Å². The highest BCUT2D eigenvalue weighted by molar-refractivity contribution is 6.13. The van der Waals surface area contributed by atoms with Gasteiger partial charge in [0, 0.05) is 6.20 Å². The van der Waals surface area contributed by atoms with Crippen LogP contribution in [0.2, 0.25) is 0 Å². The van der Waals surface area contributed by atoms with Gasteiger partial charge in [-0.1, -0.05) is 47.5 Å². The van der Waals surface area contributed by atoms with Crippen molar-refractivity contribution in [1.82, 2.24) is 4.98 Å². The van der Waals surface area contributed by atoms with Crippen LogP contribution < -0.4 is 4.74 Å². The van der Waals surface area contributed by atoms with Crippen molar-refractivity contribution >= 4 is 17.9 Å². The number of aliphatic imine (C=N–C) groups is 1. The van der Waals surface area contributed by atoms with Crippen molar-refractivity contribution in [3.8, 4) is 11.6 Å². The number of aryl methyl sites for hydroxylation is 2. The third kappa shape index (κ3) is 3.83. The number of hydrogen-bond acceptors (Lipinski definition) is 5. The molecule has 0 amide bonds. The van der Waals surface area contributed by atoms with Crippen molar-refractivity contribution in [3.63, 3.8) is 0 Å². The average molecular weight is 370 g/mol. The number of carbonyl (C=O) groups is 1. The molecule has 1 aliphatic heterocycles. The number of benzene rings is 2. The van der Waals surface area contributed by atoms with Crippen LogP contribution >= 0.6 is 0 Å². The minimum atomic E-state index is -0.499. The Labute approximate surface area is 163 Å². The lowest BCUT2D eigenvalue weighted by Crippen LogP contribution is -2.07. The molecule has 0 unspecified atom stereocenters. The number of rotatable bonds is 4. The second-order valence-corrected chi connectivity index (χ2v) is 6.52. The standard InChI is InChI=1S/C23H18N2O3/c1-15-5-9-17(10-6-15)14-20-23(26)28-22(25-20)19-4-3-13-24-21(19)27-18-11-7-16(2)8-12-18/h3-14H,1-2H3. The summed E-state index contributed by atoms with van der Waals surface area (Å²) in [5, 5.41) is 0. The highest BCUT2D eigenvalue weighted by Gasteiger charge is 2.27. The Morgan fingerprint density at radius 1 is 0.929 bits per heavy atom. The summed E-state index contributed by atoms with van der Waals surface area (Å²) >= 11 is 0. The van der Waals surface area contributed by atoms with Gasteiger partial charge in [0.1, 0.15) is 5.75 Å². The van der Waals surface area contributed by atoms with Crippen molar-refractivity contribution in [2.75, 3.05) is 0 Å². The van der Waals surface area contributed by atoms with E-state index in [1.54, 1.807) is 24.4 Å². The lowest BCUT2D eigenvalue weighted by molar-refractivity contribution is -0.129. The van der Waals surface area contributed by atoms with E-state index in [1.165, 1.54) is 0 Å². The minimum absolute atomic E-state index is 0.179. The van der Waals surface area contributed by atoms with E-state index in [0.717, 1.165) is 16.7 Å². The number of ether oxygens (including phenoxy) is 2. The third-order valence-electron chi connectivity index (χ3n) is 4.24. The zero-order valence-electron chi connectivity index (χ0n) is 15.5. The van der Waals surface area contributed by atoms with E-state index in [1.807, 2.05) is 62.4 Å². The van der Waals surface area contributed by atoms with Gasteiger partial charge in [-0.2, -0.15) is 0 Å². The molecule has 1 aromatic heterocycles. The normalized spacial score (nSPS) is 14.7. The number of esters is 1. The van der Waals surface area contributed by atoms with E-state index in [2.05, 4.69) is 9.98 Å². The van der Waals surface area contributed by atoms with Crippen LogP contribution in [0.1, 0.15) is 22.3 Å². The second-order valence-electron chi connectivity index (χ2n) is 6.52. The summed E-state index contributed by atoms with van der Waals surface area (Å²) in [6, 6.07) is 18.9. The number of carbonyl (C=O) groups excluding carboxylic acids is 1. The Morgan fingerprint density at radius 2 is 1.61 bits per heavy atom. The molecule has 0 radical (unpaired) electrons. The van der Waals surface area contributed by atoms with E-state index in [4.69, 9.17) is 9.47 Å². The first-order valence-electron chi connectivity index (χ1n) is 8.88. The molecular weight excluding hydrogens is 352 g/mol. The SMILES string of the molecule is Cc1ccc(C=C2N=C(c3cccnc3Oc3ccc(C)cc3)OC2=O)cc1. The Balaban J connectivity index is 1.65.